The molecule has 8 nitrogen and oxygen atoms in total. The maximum Gasteiger partial charge on any atom is 0.216 e. The van der Waals surface area contributed by atoms with Crippen molar-refractivity contribution in [1.29, 1.82) is 0 Å². The van der Waals surface area contributed by atoms with Crippen LogP contribution in [-0.2, 0) is 17.8 Å². The molecule has 1 unspecified atom stereocenters. The van der Waals surface area contributed by atoms with E-state index in [4.69, 9.17) is 0 Å². The number of unbranched alkanes of at least 4 members (excludes halogenated alkanes) is 1. The second kappa shape index (κ2) is 13.5. The minimum absolute atomic E-state index is 0.0296. The highest BCUT2D eigenvalue weighted by Crippen LogP contribution is 2.34. The summed E-state index contributed by atoms with van der Waals surface area (Å²) in [7, 11) is 0. The van der Waals surface area contributed by atoms with Gasteiger partial charge in [0.2, 0.25) is 5.91 Å². The molecule has 37 heavy (non-hydrogen) atoms. The summed E-state index contributed by atoms with van der Waals surface area (Å²) in [6.07, 6.45) is 9.44. The summed E-state index contributed by atoms with van der Waals surface area (Å²) in [5.41, 5.74) is 4.09. The molecule has 0 spiro atoms. The molecule has 2 aliphatic rings. The van der Waals surface area contributed by atoms with Crippen LogP contribution in [0.3, 0.4) is 0 Å². The average Bonchev–Trinajstić information content (AvgIpc) is 3.73. The first-order chi connectivity index (χ1) is 18.0. The van der Waals surface area contributed by atoms with E-state index in [0.717, 1.165) is 38.3 Å². The molecule has 1 saturated carbocycles. The Morgan fingerprint density at radius 2 is 1.97 bits per heavy atom. The van der Waals surface area contributed by atoms with Crippen LogP contribution in [0.1, 0.15) is 62.3 Å². The second-order valence-electron chi connectivity index (χ2n) is 10.6. The third-order valence-corrected chi connectivity index (χ3v) is 7.27. The summed E-state index contributed by atoms with van der Waals surface area (Å²) >= 11 is 0. The van der Waals surface area contributed by atoms with Gasteiger partial charge in [-0.2, -0.15) is 0 Å². The number of rotatable bonds is 15. The minimum Gasteiger partial charge on any atom is -0.390 e. The zero-order valence-corrected chi connectivity index (χ0v) is 22.1. The Kier molecular flexibility index (Phi) is 9.91. The van der Waals surface area contributed by atoms with Crippen molar-refractivity contribution in [3.05, 3.63) is 60.1 Å². The summed E-state index contributed by atoms with van der Waals surface area (Å²) in [6, 6.07) is 10.5. The average molecular weight is 507 g/mol. The maximum absolute atomic E-state index is 11.5. The van der Waals surface area contributed by atoms with Crippen LogP contribution >= 0.6 is 0 Å². The standard InChI is InChI=1S/C29H42N6O2/c1-21(30-17-27(37)19-35-14-13-24-8-4-5-9-25(24)18-35)28-15-29(33-20-32-28)34-26(16-31-22(2)36)10-6-3-7-23-11-12-23/h4-5,8-9,15,20,23,26-27,30,37H,1,3,6-7,10-14,16-19H2,2H3,(H,31,36)(H,32,33,34)/t26?,27-/m0/s1. The van der Waals surface area contributed by atoms with Crippen LogP contribution < -0.4 is 16.0 Å². The Bertz CT molecular complexity index is 1040. The third kappa shape index (κ3) is 9.13. The fourth-order valence-corrected chi connectivity index (χ4v) is 4.94. The molecule has 4 N–H and O–H groups in total. The molecule has 1 amide bonds. The lowest BCUT2D eigenvalue weighted by atomic mass is 10.00. The number of hydrogen-bond donors (Lipinski definition) is 4. The summed E-state index contributed by atoms with van der Waals surface area (Å²) < 4.78 is 0. The van der Waals surface area contributed by atoms with E-state index in [0.29, 0.717) is 36.8 Å². The number of aromatic nitrogens is 2. The highest BCUT2D eigenvalue weighted by Gasteiger charge is 2.21. The minimum atomic E-state index is -0.515. The Labute approximate surface area is 221 Å². The molecule has 0 radical (unpaired) electrons. The summed E-state index contributed by atoms with van der Waals surface area (Å²) in [6.45, 7) is 9.06. The van der Waals surface area contributed by atoms with Gasteiger partial charge in [0.25, 0.3) is 0 Å². The van der Waals surface area contributed by atoms with E-state index in [1.165, 1.54) is 43.1 Å². The van der Waals surface area contributed by atoms with Crippen LogP contribution in [0, 0.1) is 5.92 Å². The maximum atomic E-state index is 11.5. The van der Waals surface area contributed by atoms with Gasteiger partial charge in [-0.25, -0.2) is 9.97 Å². The molecule has 2 aromatic rings. The number of fused-ring (bicyclic) bond motifs is 1. The summed E-state index contributed by atoms with van der Waals surface area (Å²) in [5, 5.41) is 20.3. The van der Waals surface area contributed by atoms with Gasteiger partial charge in [-0.3, -0.25) is 9.69 Å². The number of carbonyl (C=O) groups excluding carboxylic acids is 1. The van der Waals surface area contributed by atoms with Gasteiger partial charge in [0, 0.05) is 51.8 Å². The van der Waals surface area contributed by atoms with Gasteiger partial charge >= 0.3 is 0 Å². The second-order valence-corrected chi connectivity index (χ2v) is 10.6. The van der Waals surface area contributed by atoms with Crippen molar-refractivity contribution in [1.82, 2.24) is 25.5 Å². The van der Waals surface area contributed by atoms with Gasteiger partial charge in [-0.15, -0.1) is 0 Å². The van der Waals surface area contributed by atoms with Crippen LogP contribution in [0.4, 0.5) is 5.82 Å². The zero-order valence-electron chi connectivity index (χ0n) is 22.1. The largest absolute Gasteiger partial charge is 0.390 e. The molecule has 1 fully saturated rings. The molecule has 200 valence electrons. The number of β-amino-alcohol motifs (C(OH)–C–C–N with tert-alkyl or cyclic N) is 1. The van der Waals surface area contributed by atoms with Crippen LogP contribution in [0.5, 0.6) is 0 Å². The zero-order chi connectivity index (χ0) is 26.0. The molecule has 8 heteroatoms. The van der Waals surface area contributed by atoms with Gasteiger partial charge in [-0.1, -0.05) is 62.9 Å². The number of benzene rings is 1. The highest BCUT2D eigenvalue weighted by atomic mass is 16.3. The molecule has 2 atom stereocenters. The number of anilines is 1. The monoisotopic (exact) mass is 506 g/mol. The molecular weight excluding hydrogens is 464 g/mol. The molecule has 1 aliphatic carbocycles. The van der Waals surface area contributed by atoms with E-state index < -0.39 is 6.10 Å². The molecule has 1 aromatic carbocycles. The van der Waals surface area contributed by atoms with Crippen LogP contribution in [0.2, 0.25) is 0 Å². The molecule has 0 saturated heterocycles. The van der Waals surface area contributed by atoms with Gasteiger partial charge in [0.15, 0.2) is 0 Å². The lowest BCUT2D eigenvalue weighted by molar-refractivity contribution is -0.119. The van der Waals surface area contributed by atoms with E-state index in [1.54, 1.807) is 6.92 Å². The number of aliphatic hydroxyl groups is 1. The van der Waals surface area contributed by atoms with E-state index in [9.17, 15) is 9.90 Å². The number of amides is 1. The fourth-order valence-electron chi connectivity index (χ4n) is 4.94. The van der Waals surface area contributed by atoms with Crippen molar-refractivity contribution in [2.24, 2.45) is 5.92 Å². The van der Waals surface area contributed by atoms with Gasteiger partial charge in [0.1, 0.15) is 12.1 Å². The number of nitrogens with one attached hydrogen (secondary N) is 3. The fraction of sp³-hybridized carbons (Fsp3) is 0.552. The normalized spacial score (nSPS) is 16.9. The molecule has 0 bridgehead atoms. The van der Waals surface area contributed by atoms with Crippen molar-refractivity contribution in [3.63, 3.8) is 0 Å². The first-order valence-electron chi connectivity index (χ1n) is 13.7. The topological polar surface area (TPSA) is 102 Å². The van der Waals surface area contributed by atoms with Crippen LogP contribution in [0.15, 0.2) is 43.2 Å². The van der Waals surface area contributed by atoms with Crippen molar-refractivity contribution < 1.29 is 9.90 Å². The molecule has 4 rings (SSSR count). The van der Waals surface area contributed by atoms with Gasteiger partial charge in [0.05, 0.1) is 17.5 Å². The van der Waals surface area contributed by atoms with Crippen molar-refractivity contribution in [2.75, 3.05) is 31.5 Å². The highest BCUT2D eigenvalue weighted by molar-refractivity contribution is 5.72. The molecular formula is C29H42N6O2. The summed E-state index contributed by atoms with van der Waals surface area (Å²) in [5.74, 6) is 1.62. The van der Waals surface area contributed by atoms with E-state index in [-0.39, 0.29) is 11.9 Å². The quantitative estimate of drug-likeness (QED) is 0.275. The Morgan fingerprint density at radius 3 is 2.76 bits per heavy atom. The van der Waals surface area contributed by atoms with Crippen molar-refractivity contribution in [3.8, 4) is 0 Å². The summed E-state index contributed by atoms with van der Waals surface area (Å²) in [4.78, 5) is 22.5. The van der Waals surface area contributed by atoms with Gasteiger partial charge < -0.3 is 21.1 Å². The molecule has 1 aromatic heterocycles. The first kappa shape index (κ1) is 27.1. The van der Waals surface area contributed by atoms with Gasteiger partial charge in [-0.05, 0) is 29.9 Å². The van der Waals surface area contributed by atoms with Crippen molar-refractivity contribution >= 4 is 17.4 Å². The van der Waals surface area contributed by atoms with E-state index >= 15 is 0 Å². The predicted octanol–water partition coefficient (Wildman–Crippen LogP) is 3.34. The van der Waals surface area contributed by atoms with Crippen LogP contribution in [0.25, 0.3) is 5.70 Å². The molecule has 1 aliphatic heterocycles. The first-order valence-corrected chi connectivity index (χ1v) is 13.7. The lowest BCUT2D eigenvalue weighted by Crippen LogP contribution is -2.40. The number of nitrogens with zero attached hydrogens (tertiary/aromatic N) is 3. The van der Waals surface area contributed by atoms with Crippen molar-refractivity contribution in [2.45, 2.75) is 70.6 Å². The Balaban J connectivity index is 1.23. The predicted molar refractivity (Wildman–Crippen MR) is 148 cm³/mol. The Morgan fingerprint density at radius 1 is 1.16 bits per heavy atom. The lowest BCUT2D eigenvalue weighted by Gasteiger charge is -2.30. The SMILES string of the molecule is C=C(NC[C@H](O)CN1CCc2ccccc2C1)c1cc(NC(CCCCC2CC2)CNC(C)=O)ncn1. The van der Waals surface area contributed by atoms with Crippen LogP contribution in [-0.4, -0.2) is 64.2 Å². The number of aliphatic hydroxyl groups excluding tert-OH is 1. The Hall–Kier alpha value is -2.97. The third-order valence-electron chi connectivity index (χ3n) is 7.27. The molecule has 2 heterocycles. The van der Waals surface area contributed by atoms with E-state index in [1.807, 2.05) is 6.07 Å². The number of hydrogen-bond acceptors (Lipinski definition) is 7. The number of carbonyl (C=O) groups is 1. The smallest absolute Gasteiger partial charge is 0.216 e. The van der Waals surface area contributed by atoms with E-state index in [2.05, 4.69) is 61.7 Å².